The number of hydrogen-bond acceptors (Lipinski definition) is 6. The van der Waals surface area contributed by atoms with E-state index in [1.165, 1.54) is 11.3 Å². The van der Waals surface area contributed by atoms with Gasteiger partial charge in [0.1, 0.15) is 5.75 Å². The molecule has 0 aliphatic rings. The van der Waals surface area contributed by atoms with Crippen LogP contribution in [-0.2, 0) is 0 Å². The number of ether oxygens (including phenoxy) is 1. The first-order valence-electron chi connectivity index (χ1n) is 6.08. The predicted octanol–water partition coefficient (Wildman–Crippen LogP) is 4.61. The minimum atomic E-state index is 0.513. The second-order valence-corrected chi connectivity index (χ2v) is 6.98. The third-order valence-corrected chi connectivity index (χ3v) is 4.77. The van der Waals surface area contributed by atoms with E-state index in [0.29, 0.717) is 28.9 Å². The average molecular weight is 362 g/mol. The summed E-state index contributed by atoms with van der Waals surface area (Å²) in [4.78, 5) is 0. The molecule has 2 rings (SSSR count). The van der Waals surface area contributed by atoms with E-state index in [-0.39, 0.29) is 0 Å². The third-order valence-electron chi connectivity index (χ3n) is 2.26. The van der Waals surface area contributed by atoms with Crippen molar-refractivity contribution < 1.29 is 4.74 Å². The zero-order valence-electron chi connectivity index (χ0n) is 11.0. The zero-order valence-corrected chi connectivity index (χ0v) is 14.2. The molecule has 0 fully saturated rings. The number of thioether (sulfide) groups is 1. The fourth-order valence-corrected chi connectivity index (χ4v) is 3.48. The highest BCUT2D eigenvalue weighted by Gasteiger charge is 2.05. The lowest BCUT2D eigenvalue weighted by Gasteiger charge is -2.07. The maximum Gasteiger partial charge on any atom is 0.206 e. The van der Waals surface area contributed by atoms with Gasteiger partial charge in [-0.2, -0.15) is 0 Å². The van der Waals surface area contributed by atoms with Crippen molar-refractivity contribution in [3.05, 3.63) is 40.9 Å². The Labute approximate surface area is 141 Å². The van der Waals surface area contributed by atoms with Crippen LogP contribution in [0.5, 0.6) is 5.75 Å². The number of hydrogen-bond donors (Lipinski definition) is 1. The number of rotatable bonds is 8. The van der Waals surface area contributed by atoms with E-state index >= 15 is 0 Å². The van der Waals surface area contributed by atoms with Crippen molar-refractivity contribution in [2.75, 3.05) is 24.2 Å². The van der Waals surface area contributed by atoms with Crippen molar-refractivity contribution in [2.45, 2.75) is 4.34 Å². The van der Waals surface area contributed by atoms with Crippen LogP contribution in [-0.4, -0.2) is 29.1 Å². The van der Waals surface area contributed by atoms with E-state index < -0.39 is 0 Å². The first-order valence-corrected chi connectivity index (χ1v) is 8.64. The molecule has 8 heteroatoms. The number of nitrogens with zero attached hydrogens (tertiary/aromatic N) is 2. The number of benzene rings is 1. The van der Waals surface area contributed by atoms with Crippen molar-refractivity contribution in [3.8, 4) is 5.75 Å². The molecular formula is C13H13Cl2N3OS2. The van der Waals surface area contributed by atoms with Crippen LogP contribution in [0.1, 0.15) is 0 Å². The van der Waals surface area contributed by atoms with Gasteiger partial charge in [-0.15, -0.1) is 16.8 Å². The van der Waals surface area contributed by atoms with Crippen LogP contribution >= 0.6 is 46.3 Å². The van der Waals surface area contributed by atoms with Gasteiger partial charge in [0.15, 0.2) is 4.34 Å². The summed E-state index contributed by atoms with van der Waals surface area (Å²) >= 11 is 14.9. The molecule has 0 saturated heterocycles. The molecule has 112 valence electrons. The highest BCUT2D eigenvalue weighted by atomic mass is 35.5. The van der Waals surface area contributed by atoms with Gasteiger partial charge in [0.2, 0.25) is 5.13 Å². The van der Waals surface area contributed by atoms with Gasteiger partial charge in [-0.05, 0) is 18.2 Å². The summed E-state index contributed by atoms with van der Waals surface area (Å²) in [5.41, 5.74) is 0. The molecule has 0 atom stereocenters. The van der Waals surface area contributed by atoms with Gasteiger partial charge in [0.05, 0.1) is 11.6 Å². The summed E-state index contributed by atoms with van der Waals surface area (Å²) in [6, 6.07) is 5.17. The molecule has 1 heterocycles. The topological polar surface area (TPSA) is 47.0 Å². The number of nitrogens with one attached hydrogen (secondary N) is 1. The van der Waals surface area contributed by atoms with Crippen LogP contribution in [0, 0.1) is 0 Å². The van der Waals surface area contributed by atoms with E-state index in [9.17, 15) is 0 Å². The summed E-state index contributed by atoms with van der Waals surface area (Å²) in [6.45, 7) is 4.84. The number of halogens is 2. The lowest BCUT2D eigenvalue weighted by atomic mass is 10.3. The predicted molar refractivity (Wildman–Crippen MR) is 91.3 cm³/mol. The standard InChI is InChI=1S/C13H13Cl2N3OS2/c1-2-5-16-12-17-18-13(21-12)20-7-6-19-11-4-3-9(14)8-10(11)15/h2-4,8H,1,5-7H2,(H,16,17). The van der Waals surface area contributed by atoms with Crippen LogP contribution in [0.3, 0.4) is 0 Å². The molecule has 0 spiro atoms. The molecule has 0 saturated carbocycles. The van der Waals surface area contributed by atoms with E-state index in [1.807, 2.05) is 0 Å². The lowest BCUT2D eigenvalue weighted by molar-refractivity contribution is 0.344. The van der Waals surface area contributed by atoms with Crippen molar-refractivity contribution in [1.82, 2.24) is 10.2 Å². The smallest absolute Gasteiger partial charge is 0.206 e. The molecular weight excluding hydrogens is 349 g/mol. The summed E-state index contributed by atoms with van der Waals surface area (Å²) in [5, 5.41) is 13.1. The summed E-state index contributed by atoms with van der Waals surface area (Å²) in [7, 11) is 0. The lowest BCUT2D eigenvalue weighted by Crippen LogP contribution is -2.00. The molecule has 2 aromatic rings. The SMILES string of the molecule is C=CCNc1nnc(SCCOc2ccc(Cl)cc2Cl)s1. The summed E-state index contributed by atoms with van der Waals surface area (Å²) < 4.78 is 6.50. The molecule has 21 heavy (non-hydrogen) atoms. The first kappa shape index (κ1) is 16.4. The normalized spacial score (nSPS) is 10.4. The van der Waals surface area contributed by atoms with Crippen molar-refractivity contribution in [1.29, 1.82) is 0 Å². The fourth-order valence-electron chi connectivity index (χ4n) is 1.37. The molecule has 0 bridgehead atoms. The molecule has 4 nitrogen and oxygen atoms in total. The second kappa shape index (κ2) is 8.48. The van der Waals surface area contributed by atoms with Crippen LogP contribution in [0.25, 0.3) is 0 Å². The Morgan fingerprint density at radius 3 is 3.00 bits per heavy atom. The van der Waals surface area contributed by atoms with Crippen molar-refractivity contribution in [3.63, 3.8) is 0 Å². The second-order valence-electron chi connectivity index (χ2n) is 3.81. The first-order chi connectivity index (χ1) is 10.2. The minimum absolute atomic E-state index is 0.513. The van der Waals surface area contributed by atoms with E-state index in [1.54, 1.807) is 36.0 Å². The van der Waals surface area contributed by atoms with Crippen LogP contribution < -0.4 is 10.1 Å². The summed E-state index contributed by atoms with van der Waals surface area (Å²) in [6.07, 6.45) is 1.78. The quantitative estimate of drug-likeness (QED) is 0.422. The van der Waals surface area contributed by atoms with Crippen molar-refractivity contribution >= 4 is 51.4 Å². The zero-order chi connectivity index (χ0) is 15.1. The maximum absolute atomic E-state index is 6.02. The average Bonchev–Trinajstić information content (AvgIpc) is 2.91. The highest BCUT2D eigenvalue weighted by molar-refractivity contribution is 8.01. The third kappa shape index (κ3) is 5.39. The van der Waals surface area contributed by atoms with Gasteiger partial charge in [-0.3, -0.25) is 0 Å². The minimum Gasteiger partial charge on any atom is -0.491 e. The Kier molecular flexibility index (Phi) is 6.63. The van der Waals surface area contributed by atoms with Gasteiger partial charge < -0.3 is 10.1 Å². The molecule has 0 radical (unpaired) electrons. The molecule has 0 amide bonds. The van der Waals surface area contributed by atoms with E-state index in [0.717, 1.165) is 15.2 Å². The Bertz CT molecular complexity index is 607. The number of anilines is 1. The van der Waals surface area contributed by atoms with Gasteiger partial charge >= 0.3 is 0 Å². The molecule has 0 unspecified atom stereocenters. The Morgan fingerprint density at radius 1 is 1.38 bits per heavy atom. The van der Waals surface area contributed by atoms with E-state index in [2.05, 4.69) is 22.1 Å². The van der Waals surface area contributed by atoms with Gasteiger partial charge in [-0.25, -0.2) is 0 Å². The fraction of sp³-hybridized carbons (Fsp3) is 0.231. The van der Waals surface area contributed by atoms with Crippen molar-refractivity contribution in [2.24, 2.45) is 0 Å². The van der Waals surface area contributed by atoms with Crippen LogP contribution in [0.15, 0.2) is 35.2 Å². The van der Waals surface area contributed by atoms with Crippen LogP contribution in [0.2, 0.25) is 10.0 Å². The molecule has 1 N–H and O–H groups in total. The largest absolute Gasteiger partial charge is 0.491 e. The Balaban J connectivity index is 1.74. The maximum atomic E-state index is 6.02. The Morgan fingerprint density at radius 2 is 2.24 bits per heavy atom. The Hall–Kier alpha value is -0.950. The molecule has 0 aliphatic carbocycles. The van der Waals surface area contributed by atoms with Gasteiger partial charge in [0, 0.05) is 17.3 Å². The van der Waals surface area contributed by atoms with E-state index in [4.69, 9.17) is 27.9 Å². The van der Waals surface area contributed by atoms with Gasteiger partial charge in [0.25, 0.3) is 0 Å². The highest BCUT2D eigenvalue weighted by Crippen LogP contribution is 2.28. The van der Waals surface area contributed by atoms with Crippen LogP contribution in [0.4, 0.5) is 5.13 Å². The monoisotopic (exact) mass is 361 g/mol. The number of aromatic nitrogens is 2. The summed E-state index contributed by atoms with van der Waals surface area (Å²) in [5.74, 6) is 1.39. The molecule has 1 aromatic carbocycles. The van der Waals surface area contributed by atoms with Gasteiger partial charge in [-0.1, -0.05) is 52.4 Å². The molecule has 0 aliphatic heterocycles. The molecule has 1 aromatic heterocycles.